The van der Waals surface area contributed by atoms with E-state index >= 15 is 0 Å². The first-order valence-electron chi connectivity index (χ1n) is 9.98. The Kier molecular flexibility index (Phi) is 13.8. The van der Waals surface area contributed by atoms with Gasteiger partial charge in [0.1, 0.15) is 0 Å². The Morgan fingerprint density at radius 1 is 0.818 bits per heavy atom. The zero-order chi connectivity index (χ0) is 16.8. The Hall–Kier alpha value is -0.520. The zero-order valence-corrected chi connectivity index (χ0v) is 16.3. The molecule has 0 aliphatic carbocycles. The van der Waals surface area contributed by atoms with Gasteiger partial charge >= 0.3 is 0 Å². The predicted octanol–water partition coefficient (Wildman–Crippen LogP) is 7.95. The summed E-state index contributed by atoms with van der Waals surface area (Å²) in [6.07, 6.45) is 19.4. The largest absolute Gasteiger partial charge is 0.0842 e. The Bertz CT molecular complexity index is 291. The van der Waals surface area contributed by atoms with E-state index in [9.17, 15) is 0 Å². The molecular weight excluding hydrogens is 264 g/mol. The van der Waals surface area contributed by atoms with Crippen molar-refractivity contribution < 1.29 is 0 Å². The zero-order valence-electron chi connectivity index (χ0n) is 16.3. The minimum Gasteiger partial charge on any atom is -0.0842 e. The average molecular weight is 307 g/mol. The quantitative estimate of drug-likeness (QED) is 0.303. The van der Waals surface area contributed by atoms with E-state index in [2.05, 4.69) is 59.8 Å². The number of hydrogen-bond acceptors (Lipinski definition) is 0. The fraction of sp³-hybridized carbons (Fsp3) is 0.818. The van der Waals surface area contributed by atoms with Crippen molar-refractivity contribution in [2.75, 3.05) is 0 Å². The van der Waals surface area contributed by atoms with Gasteiger partial charge in [0.25, 0.3) is 0 Å². The topological polar surface area (TPSA) is 0 Å². The molecule has 2 unspecified atom stereocenters. The van der Waals surface area contributed by atoms with E-state index in [-0.39, 0.29) is 0 Å². The Balaban J connectivity index is 4.77. The lowest BCUT2D eigenvalue weighted by atomic mass is 9.84. The molecule has 130 valence electrons. The highest BCUT2D eigenvalue weighted by atomic mass is 14.2. The fourth-order valence-electron chi connectivity index (χ4n) is 3.57. The van der Waals surface area contributed by atoms with Gasteiger partial charge in [-0.2, -0.15) is 0 Å². The molecule has 0 aromatic rings. The standard InChI is InChI=1S/C22H42/c1-7-12-16-21(13-8-2)19(6)17-18-20(11-5)22(14-9-3)15-10-4/h11,17-19,21-22H,7-10,12-16H2,1-6H3. The minimum absolute atomic E-state index is 0.713. The third kappa shape index (κ3) is 8.81. The van der Waals surface area contributed by atoms with Crippen LogP contribution >= 0.6 is 0 Å². The molecule has 0 aliphatic rings. The van der Waals surface area contributed by atoms with Gasteiger partial charge in [-0.15, -0.1) is 0 Å². The molecule has 0 radical (unpaired) electrons. The number of hydrogen-bond donors (Lipinski definition) is 0. The summed E-state index contributed by atoms with van der Waals surface area (Å²) in [6.45, 7) is 13.9. The molecule has 0 aromatic heterocycles. The number of rotatable bonds is 13. The molecule has 0 rings (SSSR count). The van der Waals surface area contributed by atoms with Crippen molar-refractivity contribution >= 4 is 0 Å². The van der Waals surface area contributed by atoms with Crippen LogP contribution in [-0.2, 0) is 0 Å². The molecule has 0 bridgehead atoms. The highest BCUT2D eigenvalue weighted by molar-refractivity contribution is 5.21. The van der Waals surface area contributed by atoms with Crippen molar-refractivity contribution in [1.82, 2.24) is 0 Å². The number of unbranched alkanes of at least 4 members (excludes halogenated alkanes) is 1. The SMILES string of the molecule is CC=C(C=CC(C)C(CCC)CCCC)C(CCC)CCC. The summed E-state index contributed by atoms with van der Waals surface area (Å²) >= 11 is 0. The van der Waals surface area contributed by atoms with E-state index in [1.807, 2.05) is 0 Å². The van der Waals surface area contributed by atoms with Crippen LogP contribution < -0.4 is 0 Å². The first kappa shape index (κ1) is 21.5. The van der Waals surface area contributed by atoms with Gasteiger partial charge in [0.05, 0.1) is 0 Å². The summed E-state index contributed by atoms with van der Waals surface area (Å²) in [5.74, 6) is 2.35. The summed E-state index contributed by atoms with van der Waals surface area (Å²) in [5, 5.41) is 0. The van der Waals surface area contributed by atoms with Crippen LogP contribution in [0.5, 0.6) is 0 Å². The smallest absolute Gasteiger partial charge is 0.0166 e. The van der Waals surface area contributed by atoms with Crippen LogP contribution in [0.2, 0.25) is 0 Å². The predicted molar refractivity (Wildman–Crippen MR) is 103 cm³/mol. The maximum absolute atomic E-state index is 2.50. The fourth-order valence-corrected chi connectivity index (χ4v) is 3.57. The second kappa shape index (κ2) is 14.1. The van der Waals surface area contributed by atoms with Gasteiger partial charge in [-0.1, -0.05) is 91.4 Å². The summed E-state index contributed by atoms with van der Waals surface area (Å²) in [5.41, 5.74) is 1.57. The molecule has 0 heteroatoms. The van der Waals surface area contributed by atoms with Crippen LogP contribution in [-0.4, -0.2) is 0 Å². The lowest BCUT2D eigenvalue weighted by molar-refractivity contribution is 0.351. The molecular formula is C22H42. The summed E-state index contributed by atoms with van der Waals surface area (Å²) in [6, 6.07) is 0. The maximum atomic E-state index is 2.50. The average Bonchev–Trinajstić information content (AvgIpc) is 2.52. The molecule has 0 amide bonds. The molecule has 0 N–H and O–H groups in total. The van der Waals surface area contributed by atoms with Crippen molar-refractivity contribution in [3.63, 3.8) is 0 Å². The van der Waals surface area contributed by atoms with Crippen molar-refractivity contribution in [2.24, 2.45) is 17.8 Å². The van der Waals surface area contributed by atoms with Crippen LogP contribution in [0.3, 0.4) is 0 Å². The maximum Gasteiger partial charge on any atom is -0.0166 e. The van der Waals surface area contributed by atoms with Gasteiger partial charge in [0, 0.05) is 0 Å². The monoisotopic (exact) mass is 306 g/mol. The van der Waals surface area contributed by atoms with Gasteiger partial charge in [-0.05, 0) is 49.5 Å². The van der Waals surface area contributed by atoms with E-state index in [1.54, 1.807) is 5.57 Å². The molecule has 0 heterocycles. The number of allylic oxidation sites excluding steroid dienone is 4. The summed E-state index contributed by atoms with van der Waals surface area (Å²) in [4.78, 5) is 0. The molecule has 22 heavy (non-hydrogen) atoms. The lowest BCUT2D eigenvalue weighted by Gasteiger charge is -2.22. The van der Waals surface area contributed by atoms with Crippen LogP contribution in [0, 0.1) is 17.8 Å². The molecule has 0 spiro atoms. The summed E-state index contributed by atoms with van der Waals surface area (Å²) in [7, 11) is 0. The van der Waals surface area contributed by atoms with Gasteiger partial charge in [-0.3, -0.25) is 0 Å². The molecule has 2 atom stereocenters. The highest BCUT2D eigenvalue weighted by Crippen LogP contribution is 2.28. The van der Waals surface area contributed by atoms with Crippen molar-refractivity contribution in [3.8, 4) is 0 Å². The molecule has 0 fully saturated rings. The lowest BCUT2D eigenvalue weighted by Crippen LogP contribution is -2.10. The van der Waals surface area contributed by atoms with Crippen LogP contribution in [0.4, 0.5) is 0 Å². The van der Waals surface area contributed by atoms with Gasteiger partial charge < -0.3 is 0 Å². The van der Waals surface area contributed by atoms with Crippen molar-refractivity contribution in [3.05, 3.63) is 23.8 Å². The summed E-state index contributed by atoms with van der Waals surface area (Å²) < 4.78 is 0. The van der Waals surface area contributed by atoms with Crippen molar-refractivity contribution in [2.45, 2.75) is 99.3 Å². The molecule has 0 aliphatic heterocycles. The second-order valence-electron chi connectivity index (χ2n) is 6.97. The molecule has 0 aromatic carbocycles. The normalized spacial score (nSPS) is 15.7. The van der Waals surface area contributed by atoms with E-state index in [4.69, 9.17) is 0 Å². The van der Waals surface area contributed by atoms with Crippen LogP contribution in [0.25, 0.3) is 0 Å². The minimum atomic E-state index is 0.713. The van der Waals surface area contributed by atoms with E-state index in [1.165, 1.54) is 57.8 Å². The van der Waals surface area contributed by atoms with Gasteiger partial charge in [0.15, 0.2) is 0 Å². The molecule has 0 saturated heterocycles. The van der Waals surface area contributed by atoms with Crippen LogP contribution in [0.1, 0.15) is 99.3 Å². The van der Waals surface area contributed by atoms with Gasteiger partial charge in [0.2, 0.25) is 0 Å². The molecule has 0 nitrogen and oxygen atoms in total. The van der Waals surface area contributed by atoms with E-state index in [0.29, 0.717) is 5.92 Å². The first-order valence-corrected chi connectivity index (χ1v) is 9.98. The Morgan fingerprint density at radius 3 is 1.86 bits per heavy atom. The highest BCUT2D eigenvalue weighted by Gasteiger charge is 2.15. The van der Waals surface area contributed by atoms with Crippen molar-refractivity contribution in [1.29, 1.82) is 0 Å². The van der Waals surface area contributed by atoms with Gasteiger partial charge in [-0.25, -0.2) is 0 Å². The Labute approximate surface area is 141 Å². The first-order chi connectivity index (χ1) is 10.6. The third-order valence-electron chi connectivity index (χ3n) is 5.00. The van der Waals surface area contributed by atoms with E-state index in [0.717, 1.165) is 11.8 Å². The third-order valence-corrected chi connectivity index (χ3v) is 5.00. The van der Waals surface area contributed by atoms with E-state index < -0.39 is 0 Å². The van der Waals surface area contributed by atoms with Crippen LogP contribution in [0.15, 0.2) is 23.8 Å². The Morgan fingerprint density at radius 2 is 1.41 bits per heavy atom. The molecule has 0 saturated carbocycles. The second-order valence-corrected chi connectivity index (χ2v) is 6.97.